The van der Waals surface area contributed by atoms with Gasteiger partial charge in [0, 0.05) is 16.5 Å². The molecule has 0 saturated carbocycles. The van der Waals surface area contributed by atoms with E-state index in [9.17, 15) is 4.79 Å². The smallest absolute Gasteiger partial charge is 0.345 e. The van der Waals surface area contributed by atoms with E-state index in [-0.39, 0.29) is 5.92 Å². The van der Waals surface area contributed by atoms with Crippen LogP contribution in [0.5, 0.6) is 5.75 Å². The maximum Gasteiger partial charge on any atom is 0.345 e. The quantitative estimate of drug-likeness (QED) is 0.777. The average molecular weight is 213 g/mol. The van der Waals surface area contributed by atoms with E-state index in [1.54, 1.807) is 18.2 Å². The normalized spacial score (nSPS) is 24.1. The molecule has 4 heteroatoms. The van der Waals surface area contributed by atoms with Crippen LogP contribution in [0.15, 0.2) is 18.2 Å². The topological polar surface area (TPSA) is 46.5 Å². The van der Waals surface area contributed by atoms with Crippen molar-refractivity contribution in [3.63, 3.8) is 0 Å². The van der Waals surface area contributed by atoms with E-state index in [1.807, 2.05) is 6.92 Å². The highest BCUT2D eigenvalue weighted by Gasteiger charge is 2.36. The monoisotopic (exact) mass is 212 g/mol. The zero-order valence-corrected chi connectivity index (χ0v) is 8.28. The van der Waals surface area contributed by atoms with Crippen LogP contribution in [0.4, 0.5) is 0 Å². The molecule has 1 aromatic rings. The van der Waals surface area contributed by atoms with Crippen molar-refractivity contribution in [1.29, 1.82) is 0 Å². The largest absolute Gasteiger partial charge is 0.478 e. The molecular weight excluding hydrogens is 204 g/mol. The summed E-state index contributed by atoms with van der Waals surface area (Å²) in [5, 5.41) is 9.47. The summed E-state index contributed by atoms with van der Waals surface area (Å²) in [4.78, 5) is 10.8. The molecule has 0 aromatic heterocycles. The van der Waals surface area contributed by atoms with Gasteiger partial charge in [-0.1, -0.05) is 18.5 Å². The number of halogens is 1. The summed E-state index contributed by atoms with van der Waals surface area (Å²) < 4.78 is 5.28. The molecule has 74 valence electrons. The molecule has 1 N–H and O–H groups in total. The summed E-state index contributed by atoms with van der Waals surface area (Å²) in [6.45, 7) is 1.82. The summed E-state index contributed by atoms with van der Waals surface area (Å²) in [5.41, 5.74) is 0.866. The van der Waals surface area contributed by atoms with Crippen LogP contribution in [0.3, 0.4) is 0 Å². The number of carbonyl (C=O) groups is 1. The van der Waals surface area contributed by atoms with Gasteiger partial charge in [0.05, 0.1) is 0 Å². The van der Waals surface area contributed by atoms with Crippen molar-refractivity contribution in [1.82, 2.24) is 0 Å². The molecule has 1 heterocycles. The fourth-order valence-corrected chi connectivity index (χ4v) is 1.83. The first-order valence-electron chi connectivity index (χ1n) is 4.28. The lowest BCUT2D eigenvalue weighted by Gasteiger charge is -2.08. The first kappa shape index (κ1) is 9.34. The Kier molecular flexibility index (Phi) is 2.11. The van der Waals surface area contributed by atoms with E-state index < -0.39 is 12.1 Å². The van der Waals surface area contributed by atoms with E-state index in [4.69, 9.17) is 21.4 Å². The second-order valence-corrected chi connectivity index (χ2v) is 3.78. The molecule has 0 unspecified atom stereocenters. The molecule has 2 rings (SSSR count). The van der Waals surface area contributed by atoms with E-state index in [0.29, 0.717) is 10.8 Å². The second-order valence-electron chi connectivity index (χ2n) is 3.35. The Morgan fingerprint density at radius 3 is 2.93 bits per heavy atom. The number of fused-ring (bicyclic) bond motifs is 1. The van der Waals surface area contributed by atoms with Gasteiger partial charge in [0.1, 0.15) is 5.75 Å². The minimum Gasteiger partial charge on any atom is -0.478 e. The van der Waals surface area contributed by atoms with Crippen molar-refractivity contribution in [2.45, 2.75) is 18.9 Å². The Balaban J connectivity index is 2.41. The van der Waals surface area contributed by atoms with Crippen molar-refractivity contribution in [2.75, 3.05) is 0 Å². The molecule has 0 aliphatic carbocycles. The third-order valence-corrected chi connectivity index (χ3v) is 2.65. The molecule has 0 amide bonds. The van der Waals surface area contributed by atoms with Crippen molar-refractivity contribution >= 4 is 17.6 Å². The summed E-state index contributed by atoms with van der Waals surface area (Å²) in [7, 11) is 0. The Morgan fingerprint density at radius 1 is 1.57 bits per heavy atom. The van der Waals surface area contributed by atoms with Gasteiger partial charge >= 0.3 is 5.97 Å². The van der Waals surface area contributed by atoms with Gasteiger partial charge in [-0.05, 0) is 18.2 Å². The van der Waals surface area contributed by atoms with Gasteiger partial charge < -0.3 is 9.84 Å². The molecule has 0 spiro atoms. The van der Waals surface area contributed by atoms with Gasteiger partial charge in [0.25, 0.3) is 0 Å². The predicted molar refractivity (Wildman–Crippen MR) is 51.9 cm³/mol. The van der Waals surface area contributed by atoms with Crippen LogP contribution in [0, 0.1) is 0 Å². The van der Waals surface area contributed by atoms with Gasteiger partial charge in [-0.15, -0.1) is 0 Å². The molecule has 1 aliphatic heterocycles. The molecule has 0 saturated heterocycles. The summed E-state index contributed by atoms with van der Waals surface area (Å²) in [6, 6.07) is 5.15. The zero-order valence-electron chi connectivity index (χ0n) is 7.53. The SMILES string of the molecule is C[C@@H]1c2cc(Cl)ccc2O[C@H]1C(=O)O. The van der Waals surface area contributed by atoms with Crippen LogP contribution < -0.4 is 4.74 Å². The van der Waals surface area contributed by atoms with Crippen LogP contribution >= 0.6 is 11.6 Å². The van der Waals surface area contributed by atoms with E-state index in [1.165, 1.54) is 0 Å². The maximum atomic E-state index is 10.8. The third-order valence-electron chi connectivity index (χ3n) is 2.41. The number of ether oxygens (including phenoxy) is 1. The Morgan fingerprint density at radius 2 is 2.29 bits per heavy atom. The average Bonchev–Trinajstić information content (AvgIpc) is 2.44. The predicted octanol–water partition coefficient (Wildman–Crippen LogP) is 2.29. The minimum atomic E-state index is -0.940. The molecule has 3 nitrogen and oxygen atoms in total. The molecule has 2 atom stereocenters. The summed E-state index contributed by atoms with van der Waals surface area (Å²) in [5.74, 6) is -0.472. The van der Waals surface area contributed by atoms with E-state index in [0.717, 1.165) is 5.56 Å². The molecular formula is C10H9ClO3. The molecule has 0 fully saturated rings. The summed E-state index contributed by atoms with van der Waals surface area (Å²) in [6.07, 6.45) is -0.788. The number of rotatable bonds is 1. The van der Waals surface area contributed by atoms with Gasteiger partial charge in [0.2, 0.25) is 6.10 Å². The highest BCUT2D eigenvalue weighted by atomic mass is 35.5. The Hall–Kier alpha value is -1.22. The first-order valence-corrected chi connectivity index (χ1v) is 4.66. The highest BCUT2D eigenvalue weighted by molar-refractivity contribution is 6.30. The standard InChI is InChI=1S/C10H9ClO3/c1-5-7-4-6(11)2-3-8(7)14-9(5)10(12)13/h2-5,9H,1H3,(H,12,13)/t5-,9-/m1/s1. The second kappa shape index (κ2) is 3.17. The molecule has 0 radical (unpaired) electrons. The molecule has 14 heavy (non-hydrogen) atoms. The number of hydrogen-bond acceptors (Lipinski definition) is 2. The van der Waals surface area contributed by atoms with Gasteiger partial charge in [-0.2, -0.15) is 0 Å². The van der Waals surface area contributed by atoms with Gasteiger partial charge in [-0.3, -0.25) is 0 Å². The van der Waals surface area contributed by atoms with Crippen molar-refractivity contribution in [3.05, 3.63) is 28.8 Å². The molecule has 1 aromatic carbocycles. The third kappa shape index (κ3) is 1.34. The zero-order chi connectivity index (χ0) is 10.3. The Labute approximate surface area is 86.3 Å². The number of carboxylic acid groups (broad SMARTS) is 1. The van der Waals surface area contributed by atoms with Crippen LogP contribution in [0.25, 0.3) is 0 Å². The van der Waals surface area contributed by atoms with Crippen molar-refractivity contribution in [2.24, 2.45) is 0 Å². The fourth-order valence-electron chi connectivity index (χ4n) is 1.65. The Bertz CT molecular complexity index is 389. The number of hydrogen-bond donors (Lipinski definition) is 1. The highest BCUT2D eigenvalue weighted by Crippen LogP contribution is 2.39. The molecule has 1 aliphatic rings. The lowest BCUT2D eigenvalue weighted by Crippen LogP contribution is -2.27. The van der Waals surface area contributed by atoms with Crippen LogP contribution in [-0.2, 0) is 4.79 Å². The van der Waals surface area contributed by atoms with Gasteiger partial charge in [-0.25, -0.2) is 4.79 Å². The lowest BCUT2D eigenvalue weighted by molar-refractivity contribution is -0.144. The first-order chi connectivity index (χ1) is 6.59. The lowest BCUT2D eigenvalue weighted by atomic mass is 9.98. The number of carboxylic acids is 1. The van der Waals surface area contributed by atoms with Gasteiger partial charge in [0.15, 0.2) is 0 Å². The van der Waals surface area contributed by atoms with Crippen molar-refractivity contribution < 1.29 is 14.6 Å². The van der Waals surface area contributed by atoms with Crippen LogP contribution in [0.1, 0.15) is 18.4 Å². The number of benzene rings is 1. The summed E-state index contributed by atoms with van der Waals surface area (Å²) >= 11 is 5.81. The van der Waals surface area contributed by atoms with E-state index >= 15 is 0 Å². The fraction of sp³-hybridized carbons (Fsp3) is 0.300. The van der Waals surface area contributed by atoms with Crippen LogP contribution in [-0.4, -0.2) is 17.2 Å². The molecule has 0 bridgehead atoms. The van der Waals surface area contributed by atoms with Crippen molar-refractivity contribution in [3.8, 4) is 5.75 Å². The maximum absolute atomic E-state index is 10.8. The number of aliphatic carboxylic acids is 1. The van der Waals surface area contributed by atoms with Crippen LogP contribution in [0.2, 0.25) is 5.02 Å². The minimum absolute atomic E-state index is 0.152. The van der Waals surface area contributed by atoms with E-state index in [2.05, 4.69) is 0 Å².